The van der Waals surface area contributed by atoms with Gasteiger partial charge in [0.05, 0.1) is 29.5 Å². The second kappa shape index (κ2) is 10.0. The number of halogens is 4. The molecule has 14 heteroatoms. The maximum absolute atomic E-state index is 15.1. The zero-order chi connectivity index (χ0) is 28.0. The molecule has 2 atom stereocenters. The minimum Gasteiger partial charge on any atom is -0.530 e. The summed E-state index contributed by atoms with van der Waals surface area (Å²) in [5.74, 6) is -4.30. The van der Waals surface area contributed by atoms with Crippen LogP contribution in [0, 0.1) is 6.92 Å². The van der Waals surface area contributed by atoms with Crippen LogP contribution in [0.15, 0.2) is 24.7 Å². The Kier molecular flexibility index (Phi) is 7.30. The highest BCUT2D eigenvalue weighted by Gasteiger charge is 2.51. The molecule has 3 aromatic heterocycles. The van der Waals surface area contributed by atoms with Gasteiger partial charge in [0.2, 0.25) is 0 Å². The van der Waals surface area contributed by atoms with Gasteiger partial charge in [-0.05, 0) is 46.6 Å². The molecule has 1 fully saturated rings. The normalized spacial score (nSPS) is 19.5. The molecule has 206 valence electrons. The van der Waals surface area contributed by atoms with E-state index in [9.17, 15) is 23.5 Å². The molecule has 0 radical (unpaired) electrons. The molecule has 0 aliphatic heterocycles. The van der Waals surface area contributed by atoms with Crippen LogP contribution in [0.1, 0.15) is 54.6 Å². The molecule has 0 spiro atoms. The van der Waals surface area contributed by atoms with Gasteiger partial charge in [-0.3, -0.25) is 4.79 Å². The Labute approximate surface area is 219 Å². The molecule has 4 rings (SSSR count). The van der Waals surface area contributed by atoms with Crippen molar-refractivity contribution in [2.24, 2.45) is 0 Å². The van der Waals surface area contributed by atoms with Crippen molar-refractivity contribution in [3.63, 3.8) is 0 Å². The van der Waals surface area contributed by atoms with Crippen molar-refractivity contribution in [3.8, 4) is 16.9 Å². The number of alkyl halides is 4. The van der Waals surface area contributed by atoms with E-state index in [1.807, 2.05) is 0 Å². The van der Waals surface area contributed by atoms with Gasteiger partial charge < -0.3 is 24.9 Å². The quantitative estimate of drug-likeness (QED) is 0.458. The first-order valence-electron chi connectivity index (χ1n) is 11.8. The summed E-state index contributed by atoms with van der Waals surface area (Å²) in [7, 11) is 0. The van der Waals surface area contributed by atoms with Crippen LogP contribution in [-0.4, -0.2) is 61.7 Å². The van der Waals surface area contributed by atoms with Crippen molar-refractivity contribution in [2.75, 3.05) is 0 Å². The number of amides is 2. The first-order chi connectivity index (χ1) is 17.7. The number of carboxylic acid groups (broad SMARTS) is 1. The number of aromatic nitrogens is 3. The van der Waals surface area contributed by atoms with Crippen LogP contribution in [0.5, 0.6) is 5.75 Å². The first kappa shape index (κ1) is 27.6. The fourth-order valence-electron chi connectivity index (χ4n) is 4.82. The lowest BCUT2D eigenvalue weighted by Gasteiger charge is -2.50. The lowest BCUT2D eigenvalue weighted by atomic mass is 9.84. The van der Waals surface area contributed by atoms with E-state index in [1.54, 1.807) is 27.7 Å². The number of thiophene rings is 1. The lowest BCUT2D eigenvalue weighted by molar-refractivity contribution is -0.276. The van der Waals surface area contributed by atoms with Crippen LogP contribution in [0.4, 0.5) is 22.4 Å². The molecule has 1 N–H and O–H groups in total. The Bertz CT molecular complexity index is 1350. The highest BCUT2D eigenvalue weighted by molar-refractivity contribution is 7.14. The predicted octanol–water partition coefficient (Wildman–Crippen LogP) is 4.10. The van der Waals surface area contributed by atoms with Gasteiger partial charge >= 0.3 is 6.61 Å². The number of nitrogens with zero attached hydrogens (tertiary/aromatic N) is 4. The topological polar surface area (TPSA) is 112 Å². The Morgan fingerprint density at radius 2 is 2.00 bits per heavy atom. The Hall–Kier alpha value is -3.42. The smallest absolute Gasteiger partial charge is 0.387 e. The van der Waals surface area contributed by atoms with Gasteiger partial charge in [-0.1, -0.05) is 0 Å². The molecule has 2 amide bonds. The third kappa shape index (κ3) is 5.40. The Morgan fingerprint density at radius 1 is 1.29 bits per heavy atom. The number of rotatable bonds is 6. The fraction of sp³-hybridized carbons (Fsp3) is 0.500. The van der Waals surface area contributed by atoms with Gasteiger partial charge in [-0.15, -0.1) is 11.3 Å². The van der Waals surface area contributed by atoms with Crippen LogP contribution in [0.3, 0.4) is 0 Å². The molecule has 38 heavy (non-hydrogen) atoms. The van der Waals surface area contributed by atoms with Crippen molar-refractivity contribution in [1.29, 1.82) is 0 Å². The summed E-state index contributed by atoms with van der Waals surface area (Å²) in [5, 5.41) is 18.4. The van der Waals surface area contributed by atoms with Crippen LogP contribution >= 0.6 is 11.3 Å². The van der Waals surface area contributed by atoms with Gasteiger partial charge in [-0.25, -0.2) is 18.3 Å². The second-order valence-electron chi connectivity index (χ2n) is 10.1. The fourth-order valence-corrected chi connectivity index (χ4v) is 5.76. The minimum atomic E-state index is -3.34. The lowest BCUT2D eigenvalue weighted by Crippen LogP contribution is -2.67. The Morgan fingerprint density at radius 3 is 2.63 bits per heavy atom. The zero-order valence-electron chi connectivity index (χ0n) is 21.0. The summed E-state index contributed by atoms with van der Waals surface area (Å²) < 4.78 is 60.7. The van der Waals surface area contributed by atoms with Crippen LogP contribution in [0.2, 0.25) is 0 Å². The molecule has 0 unspecified atom stereocenters. The Balaban J connectivity index is 1.63. The summed E-state index contributed by atoms with van der Waals surface area (Å²) in [6.45, 7) is 3.44. The number of ether oxygens (including phenoxy) is 1. The van der Waals surface area contributed by atoms with Crippen molar-refractivity contribution in [3.05, 3.63) is 34.4 Å². The maximum atomic E-state index is 15.1. The molecule has 0 bridgehead atoms. The standard InChI is InChI=1S/C24H27F4N5O4S/c1-12-14(15-10-30-32-11-13(37-21(25)26)9-29-19(15)32)8-17(38-12)20(34)31-18-16(6-5-7-24(18,27)28)33(22(35)36)23(2,3)4/h8-11,16,18,21H,5-7H2,1-4H3,(H,31,34)(H,35,36)/p-1/t16-,18-/m1/s1. The molecular formula is C24H26F4N5O4S-. The van der Waals surface area contributed by atoms with Gasteiger partial charge in [0.1, 0.15) is 12.1 Å². The van der Waals surface area contributed by atoms with Gasteiger partial charge in [-0.2, -0.15) is 13.9 Å². The molecule has 1 aliphatic rings. The van der Waals surface area contributed by atoms with E-state index in [4.69, 9.17) is 0 Å². The molecule has 9 nitrogen and oxygen atoms in total. The van der Waals surface area contributed by atoms with Crippen LogP contribution < -0.4 is 15.2 Å². The molecule has 1 saturated carbocycles. The molecule has 0 saturated heterocycles. The average molecular weight is 557 g/mol. The number of fused-ring (bicyclic) bond motifs is 1. The summed E-state index contributed by atoms with van der Waals surface area (Å²) >= 11 is 1.06. The van der Waals surface area contributed by atoms with E-state index in [2.05, 4.69) is 20.1 Å². The second-order valence-corrected chi connectivity index (χ2v) is 11.3. The van der Waals surface area contributed by atoms with Crippen LogP contribution in [-0.2, 0) is 0 Å². The van der Waals surface area contributed by atoms with Gasteiger partial charge in [0.25, 0.3) is 11.8 Å². The van der Waals surface area contributed by atoms with Crippen molar-refractivity contribution >= 4 is 29.0 Å². The zero-order valence-corrected chi connectivity index (χ0v) is 21.8. The number of nitrogens with one attached hydrogen (secondary N) is 1. The van der Waals surface area contributed by atoms with Crippen molar-refractivity contribution in [1.82, 2.24) is 24.8 Å². The molecule has 3 aromatic rings. The summed E-state index contributed by atoms with van der Waals surface area (Å²) in [6, 6.07) is -1.42. The minimum absolute atomic E-state index is 0.0952. The third-order valence-corrected chi connectivity index (χ3v) is 7.43. The monoisotopic (exact) mass is 556 g/mol. The summed E-state index contributed by atoms with van der Waals surface area (Å²) in [5.41, 5.74) is 0.345. The average Bonchev–Trinajstić information content (AvgIpc) is 3.37. The number of carbonyl (C=O) groups excluding carboxylic acids is 2. The highest BCUT2D eigenvalue weighted by atomic mass is 32.1. The summed E-state index contributed by atoms with van der Waals surface area (Å²) in [6.07, 6.45) is 1.96. The maximum Gasteiger partial charge on any atom is 0.387 e. The SMILES string of the molecule is Cc1sc(C(=O)N[C@@H]2[C@H](N(C(=O)[O-])C(C)(C)C)CCCC2(F)F)cc1-c1cnn2cc(OC(F)F)cnc12. The predicted molar refractivity (Wildman–Crippen MR) is 128 cm³/mol. The van der Waals surface area contributed by atoms with E-state index >= 15 is 8.78 Å². The van der Waals surface area contributed by atoms with E-state index in [-0.39, 0.29) is 23.5 Å². The summed E-state index contributed by atoms with van der Waals surface area (Å²) in [4.78, 5) is 30.9. The molecule has 0 aromatic carbocycles. The van der Waals surface area contributed by atoms with E-state index in [0.29, 0.717) is 21.7 Å². The first-order valence-corrected chi connectivity index (χ1v) is 12.6. The number of hydrogen-bond acceptors (Lipinski definition) is 7. The number of aryl methyl sites for hydroxylation is 1. The number of carbonyl (C=O) groups is 2. The number of hydrogen-bond donors (Lipinski definition) is 1. The van der Waals surface area contributed by atoms with Gasteiger partial charge in [0, 0.05) is 28.0 Å². The van der Waals surface area contributed by atoms with E-state index in [1.165, 1.54) is 23.0 Å². The van der Waals surface area contributed by atoms with E-state index in [0.717, 1.165) is 22.4 Å². The molecular weight excluding hydrogens is 530 g/mol. The van der Waals surface area contributed by atoms with Gasteiger partial charge in [0.15, 0.2) is 11.4 Å². The van der Waals surface area contributed by atoms with Crippen molar-refractivity contribution < 1.29 is 37.0 Å². The molecule has 1 aliphatic carbocycles. The molecule has 3 heterocycles. The van der Waals surface area contributed by atoms with Crippen LogP contribution in [0.25, 0.3) is 16.8 Å². The van der Waals surface area contributed by atoms with Crippen molar-refractivity contribution in [2.45, 2.75) is 77.1 Å². The highest BCUT2D eigenvalue weighted by Crippen LogP contribution is 2.39. The van der Waals surface area contributed by atoms with E-state index < -0.39 is 48.6 Å². The third-order valence-electron chi connectivity index (χ3n) is 6.38. The largest absolute Gasteiger partial charge is 0.530 e.